The predicted octanol–water partition coefficient (Wildman–Crippen LogP) is 4.72. The van der Waals surface area contributed by atoms with Crippen molar-refractivity contribution < 1.29 is 9.53 Å². The number of rotatable bonds is 5. The van der Waals surface area contributed by atoms with Crippen LogP contribution in [0.5, 0.6) is 0 Å². The number of carbonyl (C=O) groups is 1. The smallest absolute Gasteiger partial charge is 0.244 e. The Balaban J connectivity index is 1.70. The van der Waals surface area contributed by atoms with Gasteiger partial charge in [0.25, 0.3) is 0 Å². The molecule has 1 amide bonds. The molecule has 0 bridgehead atoms. The lowest BCUT2D eigenvalue weighted by Crippen LogP contribution is -2.45. The molecule has 166 valence electrons. The molecule has 7 heteroatoms. The molecule has 32 heavy (non-hydrogen) atoms. The van der Waals surface area contributed by atoms with E-state index in [0.29, 0.717) is 24.4 Å². The fraction of sp³-hybridized carbons (Fsp3) is 0.400. The summed E-state index contributed by atoms with van der Waals surface area (Å²) in [5, 5.41) is 16.0. The van der Waals surface area contributed by atoms with E-state index in [2.05, 4.69) is 17.5 Å². The Hall–Kier alpha value is -2.95. The van der Waals surface area contributed by atoms with Gasteiger partial charge in [-0.1, -0.05) is 6.07 Å². The molecule has 0 aromatic carbocycles. The first-order chi connectivity index (χ1) is 15.3. The molecule has 1 atom stereocenters. The van der Waals surface area contributed by atoms with Crippen molar-refractivity contribution >= 4 is 34.4 Å². The quantitative estimate of drug-likeness (QED) is 0.573. The van der Waals surface area contributed by atoms with E-state index >= 15 is 0 Å². The number of hydrogen-bond acceptors (Lipinski definition) is 5. The van der Waals surface area contributed by atoms with E-state index in [1.807, 2.05) is 49.8 Å². The molecule has 1 unspecified atom stereocenters. The van der Waals surface area contributed by atoms with Crippen LogP contribution in [0.25, 0.3) is 17.1 Å². The van der Waals surface area contributed by atoms with Crippen LogP contribution in [0.15, 0.2) is 29.7 Å². The number of nitrogens with one attached hydrogen (secondary N) is 1. The van der Waals surface area contributed by atoms with E-state index in [1.165, 1.54) is 6.08 Å². The Morgan fingerprint density at radius 3 is 2.97 bits per heavy atom. The summed E-state index contributed by atoms with van der Waals surface area (Å²) < 4.78 is 7.78. The molecular weight excluding hydrogens is 420 g/mol. The van der Waals surface area contributed by atoms with Crippen molar-refractivity contribution in [3.63, 3.8) is 0 Å². The largest absolute Gasteiger partial charge is 0.375 e. The second-order valence-corrected chi connectivity index (χ2v) is 9.99. The van der Waals surface area contributed by atoms with Crippen LogP contribution in [0.4, 0.5) is 0 Å². The van der Waals surface area contributed by atoms with Gasteiger partial charge in [0.15, 0.2) is 0 Å². The van der Waals surface area contributed by atoms with Crippen LogP contribution >= 0.6 is 11.3 Å². The van der Waals surface area contributed by atoms with E-state index in [0.717, 1.165) is 40.0 Å². The minimum atomic E-state index is -0.234. The first-order valence-corrected chi connectivity index (χ1v) is 11.7. The fourth-order valence-corrected chi connectivity index (χ4v) is 5.16. The third kappa shape index (κ3) is 4.62. The highest BCUT2D eigenvalue weighted by molar-refractivity contribution is 7.09. The molecule has 0 spiro atoms. The van der Waals surface area contributed by atoms with Crippen LogP contribution in [-0.2, 0) is 16.1 Å². The van der Waals surface area contributed by atoms with E-state index in [4.69, 9.17) is 9.72 Å². The van der Waals surface area contributed by atoms with Crippen LogP contribution in [-0.4, -0.2) is 33.7 Å². The zero-order valence-corrected chi connectivity index (χ0v) is 19.8. The molecule has 4 rings (SSSR count). The number of hydrogen-bond donors (Lipinski definition) is 1. The normalized spacial score (nSPS) is 18.2. The fourth-order valence-electron chi connectivity index (χ4n) is 4.46. The minimum Gasteiger partial charge on any atom is -0.375 e. The SMILES string of the molecule is Cc1cc(C)c2c(C#N)c(C=CC(=O)NC3CCOC(C)(C)C3)n(Cc3cccs3)c2n1. The Kier molecular flexibility index (Phi) is 6.18. The number of nitriles is 1. The number of thiophene rings is 1. The van der Waals surface area contributed by atoms with Crippen molar-refractivity contribution in [2.24, 2.45) is 0 Å². The van der Waals surface area contributed by atoms with Gasteiger partial charge in [-0.25, -0.2) is 4.98 Å². The Bertz CT molecular complexity index is 1220. The van der Waals surface area contributed by atoms with Gasteiger partial charge in [0, 0.05) is 34.7 Å². The van der Waals surface area contributed by atoms with Crippen molar-refractivity contribution in [2.75, 3.05) is 6.61 Å². The summed E-state index contributed by atoms with van der Waals surface area (Å²) in [5.74, 6) is -0.162. The van der Waals surface area contributed by atoms with Gasteiger partial charge in [0.2, 0.25) is 5.91 Å². The topological polar surface area (TPSA) is 79.9 Å². The van der Waals surface area contributed by atoms with E-state index < -0.39 is 0 Å². The van der Waals surface area contributed by atoms with Gasteiger partial charge in [-0.2, -0.15) is 5.26 Å². The zero-order chi connectivity index (χ0) is 22.9. The number of amides is 1. The number of nitrogens with zero attached hydrogens (tertiary/aromatic N) is 3. The van der Waals surface area contributed by atoms with E-state index in [-0.39, 0.29) is 17.6 Å². The average Bonchev–Trinajstić information content (AvgIpc) is 3.32. The molecule has 0 radical (unpaired) electrons. The lowest BCUT2D eigenvalue weighted by atomic mass is 9.94. The van der Waals surface area contributed by atoms with Crippen LogP contribution in [0, 0.1) is 25.2 Å². The number of aryl methyl sites for hydroxylation is 2. The van der Waals surface area contributed by atoms with Crippen molar-refractivity contribution in [2.45, 2.75) is 58.7 Å². The van der Waals surface area contributed by atoms with Gasteiger partial charge >= 0.3 is 0 Å². The molecular formula is C25H28N4O2S. The highest BCUT2D eigenvalue weighted by atomic mass is 32.1. The van der Waals surface area contributed by atoms with Crippen LogP contribution in [0.3, 0.4) is 0 Å². The second kappa shape index (κ2) is 8.89. The summed E-state index contributed by atoms with van der Waals surface area (Å²) in [5.41, 5.74) is 3.72. The number of ether oxygens (including phenoxy) is 1. The molecule has 4 heterocycles. The number of aromatic nitrogens is 2. The Morgan fingerprint density at radius 1 is 1.47 bits per heavy atom. The summed E-state index contributed by atoms with van der Waals surface area (Å²) >= 11 is 1.66. The van der Waals surface area contributed by atoms with Crippen molar-refractivity contribution in [1.82, 2.24) is 14.9 Å². The number of pyridine rings is 1. The molecule has 1 aliphatic rings. The Morgan fingerprint density at radius 2 is 2.28 bits per heavy atom. The summed E-state index contributed by atoms with van der Waals surface area (Å²) in [7, 11) is 0. The summed E-state index contributed by atoms with van der Waals surface area (Å²) in [6.45, 7) is 9.28. The van der Waals surface area contributed by atoms with E-state index in [1.54, 1.807) is 17.4 Å². The van der Waals surface area contributed by atoms with Crippen LogP contribution in [0.2, 0.25) is 0 Å². The second-order valence-electron chi connectivity index (χ2n) is 8.96. The van der Waals surface area contributed by atoms with Crippen LogP contribution in [0.1, 0.15) is 54.1 Å². The van der Waals surface area contributed by atoms with Gasteiger partial charge in [-0.3, -0.25) is 4.79 Å². The summed E-state index contributed by atoms with van der Waals surface area (Å²) in [4.78, 5) is 18.6. The molecule has 3 aromatic rings. The lowest BCUT2D eigenvalue weighted by Gasteiger charge is -2.35. The molecule has 1 N–H and O–H groups in total. The molecule has 1 fully saturated rings. The molecule has 6 nitrogen and oxygen atoms in total. The molecule has 0 saturated carbocycles. The number of carbonyl (C=O) groups excluding carboxylic acids is 1. The first-order valence-electron chi connectivity index (χ1n) is 10.8. The standard InChI is InChI=1S/C25H28N4O2S/c1-16-12-17(2)27-24-23(16)20(14-26)21(29(24)15-19-6-5-11-32-19)7-8-22(30)28-18-9-10-31-25(3,4)13-18/h5-8,11-12,18H,9-10,13,15H2,1-4H3,(H,28,30). The predicted molar refractivity (Wildman–Crippen MR) is 128 cm³/mol. The minimum absolute atomic E-state index is 0.0786. The van der Waals surface area contributed by atoms with Crippen molar-refractivity contribution in [3.8, 4) is 6.07 Å². The van der Waals surface area contributed by atoms with Crippen LogP contribution < -0.4 is 5.32 Å². The van der Waals surface area contributed by atoms with Crippen molar-refractivity contribution in [1.29, 1.82) is 5.26 Å². The number of fused-ring (bicyclic) bond motifs is 1. The maximum Gasteiger partial charge on any atom is 0.244 e. The third-order valence-corrected chi connectivity index (χ3v) is 6.68. The average molecular weight is 449 g/mol. The Labute approximate surface area is 192 Å². The highest BCUT2D eigenvalue weighted by Crippen LogP contribution is 2.30. The molecule has 1 aliphatic heterocycles. The van der Waals surface area contributed by atoms with Gasteiger partial charge < -0.3 is 14.6 Å². The van der Waals surface area contributed by atoms with Gasteiger partial charge in [0.05, 0.1) is 23.4 Å². The van der Waals surface area contributed by atoms with Gasteiger partial charge in [-0.15, -0.1) is 11.3 Å². The monoisotopic (exact) mass is 448 g/mol. The maximum atomic E-state index is 12.7. The maximum absolute atomic E-state index is 12.7. The molecule has 0 aliphatic carbocycles. The molecule has 3 aromatic heterocycles. The van der Waals surface area contributed by atoms with Gasteiger partial charge in [0.1, 0.15) is 11.7 Å². The molecule has 1 saturated heterocycles. The third-order valence-electron chi connectivity index (χ3n) is 5.82. The van der Waals surface area contributed by atoms with E-state index in [9.17, 15) is 10.1 Å². The highest BCUT2D eigenvalue weighted by Gasteiger charge is 2.29. The summed E-state index contributed by atoms with van der Waals surface area (Å²) in [6, 6.07) is 8.51. The van der Waals surface area contributed by atoms with Crippen molar-refractivity contribution in [3.05, 3.63) is 57.0 Å². The first kappa shape index (κ1) is 22.3. The lowest BCUT2D eigenvalue weighted by molar-refractivity contribution is -0.119. The van der Waals surface area contributed by atoms with Gasteiger partial charge in [-0.05, 0) is 69.7 Å². The summed E-state index contributed by atoms with van der Waals surface area (Å²) in [6.07, 6.45) is 4.86. The zero-order valence-electron chi connectivity index (χ0n) is 18.9.